The van der Waals surface area contributed by atoms with Crippen LogP contribution in [0.5, 0.6) is 11.5 Å². The number of nitrogens with zero attached hydrogens (tertiary/aromatic N) is 2. The zero-order valence-electron chi connectivity index (χ0n) is 14.4. The number of aromatic hydroxyl groups is 1. The highest BCUT2D eigenvalue weighted by molar-refractivity contribution is 8.18. The molecule has 2 fully saturated rings. The van der Waals surface area contributed by atoms with E-state index in [4.69, 9.17) is 4.74 Å². The lowest BCUT2D eigenvalue weighted by molar-refractivity contribution is -0.136. The molecular weight excluding hydrogens is 356 g/mol. The van der Waals surface area contributed by atoms with E-state index in [1.807, 2.05) is 0 Å². The van der Waals surface area contributed by atoms with Crippen molar-refractivity contribution < 1.29 is 24.2 Å². The van der Waals surface area contributed by atoms with Crippen molar-refractivity contribution in [3.05, 3.63) is 28.7 Å². The number of benzene rings is 1. The van der Waals surface area contributed by atoms with Crippen LogP contribution in [0, 0.1) is 0 Å². The number of hydrogen-bond donors (Lipinski definition) is 1. The zero-order chi connectivity index (χ0) is 18.7. The van der Waals surface area contributed by atoms with Crippen LogP contribution < -0.4 is 4.74 Å². The predicted octanol–water partition coefficient (Wildman–Crippen LogP) is 2.45. The van der Waals surface area contributed by atoms with Crippen LogP contribution in [0.3, 0.4) is 0 Å². The van der Waals surface area contributed by atoms with Gasteiger partial charge in [0.05, 0.1) is 12.0 Å². The standard InChI is InChI=1S/C18H20N2O5S/c1-25-14-6-5-12(9-13(14)21)10-15-17(23)20(18(24)26-15)11-16(22)19-7-3-2-4-8-19/h5-6,9-10,21H,2-4,7-8,11H2,1H3/b15-10-. The monoisotopic (exact) mass is 376 g/mol. The van der Waals surface area contributed by atoms with Crippen molar-refractivity contribution in [3.63, 3.8) is 0 Å². The summed E-state index contributed by atoms with van der Waals surface area (Å²) in [5.74, 6) is -0.417. The Morgan fingerprint density at radius 2 is 2.00 bits per heavy atom. The molecule has 2 aliphatic heterocycles. The number of phenolic OH excluding ortho intramolecular Hbond substituents is 1. The predicted molar refractivity (Wildman–Crippen MR) is 97.8 cm³/mol. The fourth-order valence-electron chi connectivity index (χ4n) is 2.96. The summed E-state index contributed by atoms with van der Waals surface area (Å²) >= 11 is 0.796. The lowest BCUT2D eigenvalue weighted by atomic mass is 10.1. The second-order valence-electron chi connectivity index (χ2n) is 6.14. The van der Waals surface area contributed by atoms with Crippen LogP contribution in [-0.2, 0) is 9.59 Å². The van der Waals surface area contributed by atoms with Crippen LogP contribution in [0.25, 0.3) is 6.08 Å². The molecule has 2 heterocycles. The van der Waals surface area contributed by atoms with E-state index >= 15 is 0 Å². The van der Waals surface area contributed by atoms with Crippen molar-refractivity contribution in [2.24, 2.45) is 0 Å². The summed E-state index contributed by atoms with van der Waals surface area (Å²) in [7, 11) is 1.44. The molecule has 0 saturated carbocycles. The first kappa shape index (κ1) is 18.3. The number of rotatable bonds is 4. The summed E-state index contributed by atoms with van der Waals surface area (Å²) in [5.41, 5.74) is 0.566. The fourth-order valence-corrected chi connectivity index (χ4v) is 3.80. The third-order valence-corrected chi connectivity index (χ3v) is 5.28. The van der Waals surface area contributed by atoms with Crippen LogP contribution in [0.1, 0.15) is 24.8 Å². The van der Waals surface area contributed by atoms with E-state index < -0.39 is 11.1 Å². The molecule has 2 saturated heterocycles. The Morgan fingerprint density at radius 1 is 1.27 bits per heavy atom. The first-order valence-electron chi connectivity index (χ1n) is 8.40. The summed E-state index contributed by atoms with van der Waals surface area (Å²) in [5, 5.41) is 9.37. The van der Waals surface area contributed by atoms with Gasteiger partial charge >= 0.3 is 0 Å². The number of ether oxygens (including phenoxy) is 1. The molecule has 8 heteroatoms. The molecule has 3 amide bonds. The van der Waals surface area contributed by atoms with Crippen molar-refractivity contribution in [2.75, 3.05) is 26.7 Å². The molecule has 1 aromatic carbocycles. The van der Waals surface area contributed by atoms with Gasteiger partial charge in [-0.15, -0.1) is 0 Å². The first-order valence-corrected chi connectivity index (χ1v) is 9.21. The number of imide groups is 1. The van der Waals surface area contributed by atoms with Gasteiger partial charge in [0.1, 0.15) is 6.54 Å². The largest absolute Gasteiger partial charge is 0.504 e. The molecule has 0 aliphatic carbocycles. The third-order valence-electron chi connectivity index (χ3n) is 4.38. The number of carbonyl (C=O) groups is 3. The number of amides is 3. The van der Waals surface area contributed by atoms with E-state index in [9.17, 15) is 19.5 Å². The minimum absolute atomic E-state index is 0.0549. The molecule has 1 aromatic rings. The van der Waals surface area contributed by atoms with Gasteiger partial charge in [-0.3, -0.25) is 19.3 Å². The SMILES string of the molecule is COc1ccc(/C=C2\SC(=O)N(CC(=O)N3CCCCC3)C2=O)cc1O. The van der Waals surface area contributed by atoms with Crippen molar-refractivity contribution >= 4 is 34.9 Å². The highest BCUT2D eigenvalue weighted by atomic mass is 32.2. The van der Waals surface area contributed by atoms with Crippen LogP contribution in [-0.4, -0.2) is 58.7 Å². The minimum Gasteiger partial charge on any atom is -0.504 e. The van der Waals surface area contributed by atoms with Gasteiger partial charge < -0.3 is 14.7 Å². The molecule has 26 heavy (non-hydrogen) atoms. The maximum absolute atomic E-state index is 12.5. The average Bonchev–Trinajstić information content (AvgIpc) is 2.90. The molecule has 3 rings (SSSR count). The summed E-state index contributed by atoms with van der Waals surface area (Å²) in [6.07, 6.45) is 4.53. The second kappa shape index (κ2) is 7.82. The Balaban J connectivity index is 1.71. The van der Waals surface area contributed by atoms with Crippen LogP contribution >= 0.6 is 11.8 Å². The van der Waals surface area contributed by atoms with E-state index in [2.05, 4.69) is 0 Å². The summed E-state index contributed by atoms with van der Waals surface area (Å²) in [6.45, 7) is 1.13. The molecule has 0 bridgehead atoms. The van der Waals surface area contributed by atoms with Gasteiger partial charge in [0.15, 0.2) is 11.5 Å². The van der Waals surface area contributed by atoms with E-state index in [0.717, 1.165) is 35.9 Å². The van der Waals surface area contributed by atoms with Crippen LogP contribution in [0.4, 0.5) is 4.79 Å². The normalized spacial score (nSPS) is 19.3. The summed E-state index contributed by atoms with van der Waals surface area (Å²) in [6, 6.07) is 4.70. The number of phenols is 1. The Bertz CT molecular complexity index is 771. The summed E-state index contributed by atoms with van der Waals surface area (Å²) in [4.78, 5) is 39.9. The topological polar surface area (TPSA) is 87.2 Å². The van der Waals surface area contributed by atoms with Crippen molar-refractivity contribution in [3.8, 4) is 11.5 Å². The van der Waals surface area contributed by atoms with Crippen molar-refractivity contribution in [1.29, 1.82) is 0 Å². The molecule has 2 aliphatic rings. The quantitative estimate of drug-likeness (QED) is 0.812. The van der Waals surface area contributed by atoms with Gasteiger partial charge in [0, 0.05) is 13.1 Å². The van der Waals surface area contributed by atoms with E-state index in [-0.39, 0.29) is 23.1 Å². The second-order valence-corrected chi connectivity index (χ2v) is 7.13. The van der Waals surface area contributed by atoms with Crippen LogP contribution in [0.2, 0.25) is 0 Å². The maximum atomic E-state index is 12.5. The van der Waals surface area contributed by atoms with Gasteiger partial charge in [-0.05, 0) is 54.8 Å². The Kier molecular flexibility index (Phi) is 5.51. The van der Waals surface area contributed by atoms with Gasteiger partial charge in [-0.25, -0.2) is 0 Å². The average molecular weight is 376 g/mol. The molecule has 1 N–H and O–H groups in total. The lowest BCUT2D eigenvalue weighted by Crippen LogP contribution is -2.44. The number of hydrogen-bond acceptors (Lipinski definition) is 6. The molecule has 0 unspecified atom stereocenters. The number of piperidine rings is 1. The Labute approximate surface area is 155 Å². The number of carbonyl (C=O) groups excluding carboxylic acids is 3. The lowest BCUT2D eigenvalue weighted by Gasteiger charge is -2.27. The number of likely N-dealkylation sites (tertiary alicyclic amines) is 1. The van der Waals surface area contributed by atoms with Gasteiger partial charge in [-0.2, -0.15) is 0 Å². The molecule has 138 valence electrons. The fraction of sp³-hybridized carbons (Fsp3) is 0.389. The molecule has 0 spiro atoms. The number of thioether (sulfide) groups is 1. The third kappa shape index (κ3) is 3.85. The van der Waals surface area contributed by atoms with Gasteiger partial charge in [0.2, 0.25) is 5.91 Å². The maximum Gasteiger partial charge on any atom is 0.294 e. The zero-order valence-corrected chi connectivity index (χ0v) is 15.3. The highest BCUT2D eigenvalue weighted by Crippen LogP contribution is 2.34. The molecule has 0 atom stereocenters. The Hall–Kier alpha value is -2.48. The first-order chi connectivity index (χ1) is 12.5. The van der Waals surface area contributed by atoms with Crippen LogP contribution in [0.15, 0.2) is 23.1 Å². The van der Waals surface area contributed by atoms with Gasteiger partial charge in [-0.1, -0.05) is 6.07 Å². The van der Waals surface area contributed by atoms with E-state index in [1.165, 1.54) is 19.3 Å². The van der Waals surface area contributed by atoms with E-state index in [0.29, 0.717) is 24.4 Å². The highest BCUT2D eigenvalue weighted by Gasteiger charge is 2.37. The molecule has 0 radical (unpaired) electrons. The smallest absolute Gasteiger partial charge is 0.294 e. The molecular formula is C18H20N2O5S. The van der Waals surface area contributed by atoms with E-state index in [1.54, 1.807) is 17.0 Å². The number of methoxy groups -OCH3 is 1. The minimum atomic E-state index is -0.485. The van der Waals surface area contributed by atoms with Gasteiger partial charge in [0.25, 0.3) is 11.1 Å². The van der Waals surface area contributed by atoms with Crippen molar-refractivity contribution in [1.82, 2.24) is 9.80 Å². The molecule has 0 aromatic heterocycles. The Morgan fingerprint density at radius 3 is 2.65 bits per heavy atom. The summed E-state index contributed by atoms with van der Waals surface area (Å²) < 4.78 is 4.98. The van der Waals surface area contributed by atoms with Crippen molar-refractivity contribution in [2.45, 2.75) is 19.3 Å². The molecule has 7 nitrogen and oxygen atoms in total.